The molecule has 9 nitrogen and oxygen atoms in total. The smallest absolute Gasteiger partial charge is 0.320 e. The number of halogens is 1. The molecular weight excluding hydrogens is 497 g/mol. The molecule has 7 rings (SSSR count). The van der Waals surface area contributed by atoms with Gasteiger partial charge in [0.2, 0.25) is 0 Å². The van der Waals surface area contributed by atoms with E-state index in [-0.39, 0.29) is 17.8 Å². The molecule has 6 heterocycles. The molecule has 3 aliphatic rings. The summed E-state index contributed by atoms with van der Waals surface area (Å²) in [5, 5.41) is 6.95. The minimum atomic E-state index is -0.379. The van der Waals surface area contributed by atoms with Gasteiger partial charge in [-0.1, -0.05) is 6.07 Å². The van der Waals surface area contributed by atoms with E-state index in [1.807, 2.05) is 51.8 Å². The van der Waals surface area contributed by atoms with Crippen LogP contribution < -0.4 is 10.6 Å². The molecule has 3 aromatic heterocycles. The second-order valence-electron chi connectivity index (χ2n) is 10.6. The molecule has 0 bridgehead atoms. The third-order valence-electron chi connectivity index (χ3n) is 8.38. The van der Waals surface area contributed by atoms with Crippen LogP contribution in [0.2, 0.25) is 0 Å². The lowest BCUT2D eigenvalue weighted by Crippen LogP contribution is -2.49. The van der Waals surface area contributed by atoms with E-state index in [2.05, 4.69) is 20.2 Å². The molecule has 39 heavy (non-hydrogen) atoms. The third-order valence-corrected chi connectivity index (χ3v) is 8.38. The second kappa shape index (κ2) is 9.23. The van der Waals surface area contributed by atoms with E-state index < -0.39 is 0 Å². The van der Waals surface area contributed by atoms with Gasteiger partial charge in [-0.15, -0.1) is 0 Å². The van der Waals surface area contributed by atoms with Gasteiger partial charge in [-0.05, 0) is 49.7 Å². The molecule has 0 saturated carbocycles. The predicted octanol–water partition coefficient (Wildman–Crippen LogP) is 3.09. The zero-order valence-corrected chi connectivity index (χ0v) is 21.8. The van der Waals surface area contributed by atoms with Crippen LogP contribution in [-0.4, -0.2) is 75.0 Å². The fraction of sp³-hybridized carbons (Fsp3) is 0.345. The minimum Gasteiger partial charge on any atom is -0.348 e. The number of aromatic nitrogens is 3. The number of nitrogens with one attached hydrogen (secondary N) is 2. The maximum atomic E-state index is 15.1. The number of carbonyl (C=O) groups excluding carboxylic acids is 2. The summed E-state index contributed by atoms with van der Waals surface area (Å²) in [6, 6.07) is 9.25. The molecule has 10 heteroatoms. The van der Waals surface area contributed by atoms with Gasteiger partial charge < -0.3 is 25.0 Å². The lowest BCUT2D eigenvalue weighted by Gasteiger charge is -2.35. The molecule has 2 N–H and O–H groups in total. The summed E-state index contributed by atoms with van der Waals surface area (Å²) in [7, 11) is 1.96. The van der Waals surface area contributed by atoms with E-state index >= 15 is 4.39 Å². The van der Waals surface area contributed by atoms with Crippen LogP contribution in [0.15, 0.2) is 48.9 Å². The van der Waals surface area contributed by atoms with Gasteiger partial charge in [-0.3, -0.25) is 9.20 Å². The van der Waals surface area contributed by atoms with Crippen molar-refractivity contribution in [2.24, 2.45) is 0 Å². The molecule has 4 aromatic rings. The molecule has 0 unspecified atom stereocenters. The lowest BCUT2D eigenvalue weighted by atomic mass is 9.98. The van der Waals surface area contributed by atoms with E-state index in [4.69, 9.17) is 0 Å². The van der Waals surface area contributed by atoms with Crippen molar-refractivity contribution in [3.8, 4) is 0 Å². The quantitative estimate of drug-likeness (QED) is 0.429. The molecule has 3 aliphatic heterocycles. The minimum absolute atomic E-state index is 0.000664. The van der Waals surface area contributed by atoms with Crippen molar-refractivity contribution in [2.75, 3.05) is 33.2 Å². The second-order valence-corrected chi connectivity index (χ2v) is 10.6. The van der Waals surface area contributed by atoms with Crippen molar-refractivity contribution in [2.45, 2.75) is 32.0 Å². The number of imidazole rings is 1. The van der Waals surface area contributed by atoms with Gasteiger partial charge in [-0.2, -0.15) is 0 Å². The Kier molecular flexibility index (Phi) is 5.66. The van der Waals surface area contributed by atoms with Gasteiger partial charge in [0.15, 0.2) is 0 Å². The number of fused-ring (bicyclic) bond motifs is 1. The van der Waals surface area contributed by atoms with E-state index in [1.165, 1.54) is 12.1 Å². The van der Waals surface area contributed by atoms with Crippen LogP contribution in [0, 0.1) is 5.82 Å². The molecule has 3 amide bonds. The van der Waals surface area contributed by atoms with Crippen LogP contribution in [0.5, 0.6) is 0 Å². The van der Waals surface area contributed by atoms with Crippen molar-refractivity contribution in [1.82, 2.24) is 34.4 Å². The number of hydrogen-bond acceptors (Lipinski definition) is 4. The molecular formula is C29H30FN7O2. The summed E-state index contributed by atoms with van der Waals surface area (Å²) in [4.78, 5) is 34.9. The van der Waals surface area contributed by atoms with Gasteiger partial charge in [0.25, 0.3) is 5.91 Å². The number of hydrogen-bond donors (Lipinski definition) is 2. The van der Waals surface area contributed by atoms with Crippen molar-refractivity contribution in [3.05, 3.63) is 71.6 Å². The number of likely N-dealkylation sites (tertiary alicyclic amines) is 1. The molecule has 0 spiro atoms. The van der Waals surface area contributed by atoms with Crippen molar-refractivity contribution >= 4 is 39.6 Å². The largest absolute Gasteiger partial charge is 0.348 e. The highest BCUT2D eigenvalue weighted by atomic mass is 19.1. The number of carbonyl (C=O) groups is 2. The number of nitrogens with zero attached hydrogens (tertiary/aromatic N) is 5. The van der Waals surface area contributed by atoms with Crippen LogP contribution >= 0.6 is 0 Å². The van der Waals surface area contributed by atoms with Crippen molar-refractivity contribution in [3.63, 3.8) is 0 Å². The third kappa shape index (κ3) is 3.89. The summed E-state index contributed by atoms with van der Waals surface area (Å²) in [6.45, 7) is 3.20. The zero-order valence-electron chi connectivity index (χ0n) is 21.8. The first kappa shape index (κ1) is 23.9. The van der Waals surface area contributed by atoms with Crippen LogP contribution in [0.1, 0.15) is 29.7 Å². The first-order chi connectivity index (χ1) is 19.0. The predicted molar refractivity (Wildman–Crippen MR) is 146 cm³/mol. The monoisotopic (exact) mass is 527 g/mol. The van der Waals surface area contributed by atoms with E-state index in [0.717, 1.165) is 40.8 Å². The topological polar surface area (TPSA) is 86.9 Å². The number of piperidine rings is 1. The van der Waals surface area contributed by atoms with E-state index in [0.29, 0.717) is 61.8 Å². The molecule has 200 valence electrons. The molecule has 1 aromatic carbocycles. The van der Waals surface area contributed by atoms with Crippen LogP contribution in [0.3, 0.4) is 0 Å². The Morgan fingerprint density at radius 3 is 2.79 bits per heavy atom. The van der Waals surface area contributed by atoms with E-state index in [9.17, 15) is 9.59 Å². The number of amides is 3. The Hall–Kier alpha value is -4.18. The van der Waals surface area contributed by atoms with Gasteiger partial charge in [0.1, 0.15) is 11.5 Å². The normalized spacial score (nSPS) is 18.4. The summed E-state index contributed by atoms with van der Waals surface area (Å²) in [5.74, 6) is -0.560. The molecule has 1 fully saturated rings. The highest BCUT2D eigenvalue weighted by Gasteiger charge is 2.32. The lowest BCUT2D eigenvalue weighted by molar-refractivity contribution is -0.114. The fourth-order valence-corrected chi connectivity index (χ4v) is 6.36. The Morgan fingerprint density at radius 2 is 1.97 bits per heavy atom. The number of benzene rings is 1. The first-order valence-electron chi connectivity index (χ1n) is 13.5. The van der Waals surface area contributed by atoms with Crippen molar-refractivity contribution < 1.29 is 14.0 Å². The highest BCUT2D eigenvalue weighted by Crippen LogP contribution is 2.38. The number of rotatable bonds is 3. The summed E-state index contributed by atoms with van der Waals surface area (Å²) in [6.07, 6.45) is 7.51. The van der Waals surface area contributed by atoms with Gasteiger partial charge >= 0.3 is 6.03 Å². The zero-order chi connectivity index (χ0) is 26.7. The molecule has 0 radical (unpaired) electrons. The average Bonchev–Trinajstić information content (AvgIpc) is 3.61. The Balaban J connectivity index is 1.29. The van der Waals surface area contributed by atoms with Gasteiger partial charge in [0, 0.05) is 74.2 Å². The maximum absolute atomic E-state index is 15.1. The summed E-state index contributed by atoms with van der Waals surface area (Å²) >= 11 is 0. The maximum Gasteiger partial charge on any atom is 0.320 e. The van der Waals surface area contributed by atoms with Crippen LogP contribution in [-0.2, 0) is 17.9 Å². The Bertz CT molecular complexity index is 1660. The first-order valence-corrected chi connectivity index (χ1v) is 13.5. The summed E-state index contributed by atoms with van der Waals surface area (Å²) < 4.78 is 19.1. The fourth-order valence-electron chi connectivity index (χ4n) is 6.36. The molecule has 0 aliphatic carbocycles. The van der Waals surface area contributed by atoms with Gasteiger partial charge in [0.05, 0.1) is 23.0 Å². The van der Waals surface area contributed by atoms with Crippen LogP contribution in [0.25, 0.3) is 27.7 Å². The van der Waals surface area contributed by atoms with Crippen molar-refractivity contribution in [1.29, 1.82) is 0 Å². The molecule has 0 atom stereocenters. The highest BCUT2D eigenvalue weighted by molar-refractivity contribution is 6.32. The SMILES string of the molecule is CNC1CCN(C(=O)N2CCn3cc(C4=C(c5cnc6ccccn56)CNC4=O)c4cc(F)cc(c43)C2)CC1. The number of urea groups is 1. The number of pyridine rings is 1. The average molecular weight is 528 g/mol. The summed E-state index contributed by atoms with van der Waals surface area (Å²) in [5.41, 5.74) is 5.34. The van der Waals surface area contributed by atoms with Crippen LogP contribution in [0.4, 0.5) is 9.18 Å². The Morgan fingerprint density at radius 1 is 1.13 bits per heavy atom. The van der Waals surface area contributed by atoms with E-state index in [1.54, 1.807) is 6.20 Å². The Labute approximate surface area is 224 Å². The standard InChI is InChI=1S/C29H30FN7O2/c1-31-20-5-8-34(9-6-20)29(39)36-11-10-35-17-23(21-13-19(30)12-18(16-36)27(21)35)26-22(14-33-28(26)38)24-15-32-25-4-2-3-7-37(24)25/h2-4,7,12-13,15,17,20,31H,5-6,8-11,14,16H2,1H3,(H,33,38). The molecule has 1 saturated heterocycles. The van der Waals surface area contributed by atoms with Gasteiger partial charge in [-0.25, -0.2) is 14.2 Å².